The predicted molar refractivity (Wildman–Crippen MR) is 87.9 cm³/mol. The monoisotopic (exact) mass is 317 g/mol. The first kappa shape index (κ1) is 17.1. The number of nitrogens with one attached hydrogen (secondary N) is 1. The second kappa shape index (κ2) is 7.83. The molecule has 2 aromatic rings. The first-order chi connectivity index (χ1) is 11.0. The smallest absolute Gasteiger partial charge is 0.287 e. The SMILES string of the molecule is CCOc1ccc(C(COC)NC(=O)c2oc(C)cc2C)cc1. The number of amides is 1. The fraction of sp³-hybridized carbons (Fsp3) is 0.389. The molecule has 0 bridgehead atoms. The Morgan fingerprint density at radius 2 is 1.96 bits per heavy atom. The largest absolute Gasteiger partial charge is 0.494 e. The lowest BCUT2D eigenvalue weighted by molar-refractivity contribution is 0.0867. The van der Waals surface area contributed by atoms with Crippen molar-refractivity contribution < 1.29 is 18.7 Å². The normalized spacial score (nSPS) is 12.0. The lowest BCUT2D eigenvalue weighted by Gasteiger charge is -2.18. The van der Waals surface area contributed by atoms with Crippen LogP contribution in [0.4, 0.5) is 0 Å². The van der Waals surface area contributed by atoms with Gasteiger partial charge in [-0.1, -0.05) is 12.1 Å². The Morgan fingerprint density at radius 3 is 2.48 bits per heavy atom. The molecule has 124 valence electrons. The molecule has 1 amide bonds. The van der Waals surface area contributed by atoms with Gasteiger partial charge < -0.3 is 19.2 Å². The molecule has 0 saturated carbocycles. The first-order valence-electron chi connectivity index (χ1n) is 7.64. The van der Waals surface area contributed by atoms with Crippen molar-refractivity contribution in [3.05, 3.63) is 53.0 Å². The summed E-state index contributed by atoms with van der Waals surface area (Å²) in [6, 6.07) is 9.21. The molecule has 0 spiro atoms. The zero-order valence-corrected chi connectivity index (χ0v) is 14.0. The number of ether oxygens (including phenoxy) is 2. The Hall–Kier alpha value is -2.27. The highest BCUT2D eigenvalue weighted by Crippen LogP contribution is 2.20. The molecule has 0 aliphatic carbocycles. The molecule has 1 aromatic heterocycles. The summed E-state index contributed by atoms with van der Waals surface area (Å²) in [6.45, 7) is 6.61. The quantitative estimate of drug-likeness (QED) is 0.850. The number of furan rings is 1. The number of hydrogen-bond acceptors (Lipinski definition) is 4. The molecule has 2 rings (SSSR count). The van der Waals surface area contributed by atoms with E-state index in [1.807, 2.05) is 51.1 Å². The molecule has 23 heavy (non-hydrogen) atoms. The fourth-order valence-corrected chi connectivity index (χ4v) is 2.44. The first-order valence-corrected chi connectivity index (χ1v) is 7.64. The molecule has 1 atom stereocenters. The van der Waals surface area contributed by atoms with Gasteiger partial charge in [-0.2, -0.15) is 0 Å². The van der Waals surface area contributed by atoms with Crippen LogP contribution in [0.15, 0.2) is 34.7 Å². The Labute approximate surface area is 136 Å². The number of benzene rings is 1. The summed E-state index contributed by atoms with van der Waals surface area (Å²) in [5, 5.41) is 2.96. The van der Waals surface area contributed by atoms with Crippen molar-refractivity contribution >= 4 is 5.91 Å². The summed E-state index contributed by atoms with van der Waals surface area (Å²) < 4.78 is 16.1. The minimum Gasteiger partial charge on any atom is -0.494 e. The van der Waals surface area contributed by atoms with E-state index in [4.69, 9.17) is 13.9 Å². The maximum Gasteiger partial charge on any atom is 0.287 e. The van der Waals surface area contributed by atoms with Gasteiger partial charge in [0, 0.05) is 12.7 Å². The van der Waals surface area contributed by atoms with Crippen LogP contribution < -0.4 is 10.1 Å². The van der Waals surface area contributed by atoms with Gasteiger partial charge >= 0.3 is 0 Å². The van der Waals surface area contributed by atoms with E-state index in [1.54, 1.807) is 7.11 Å². The van der Waals surface area contributed by atoms with Crippen LogP contribution in [0, 0.1) is 13.8 Å². The van der Waals surface area contributed by atoms with E-state index in [9.17, 15) is 4.79 Å². The zero-order chi connectivity index (χ0) is 16.8. The van der Waals surface area contributed by atoms with Crippen molar-refractivity contribution in [3.8, 4) is 5.75 Å². The van der Waals surface area contributed by atoms with E-state index in [0.717, 1.165) is 22.6 Å². The van der Waals surface area contributed by atoms with Gasteiger partial charge in [0.1, 0.15) is 11.5 Å². The molecule has 0 fully saturated rings. The number of methoxy groups -OCH3 is 1. The molecule has 1 heterocycles. The average Bonchev–Trinajstić information content (AvgIpc) is 2.87. The summed E-state index contributed by atoms with van der Waals surface area (Å²) in [4.78, 5) is 12.4. The summed E-state index contributed by atoms with van der Waals surface area (Å²) in [5.74, 6) is 1.62. The van der Waals surface area contributed by atoms with E-state index in [0.29, 0.717) is 19.0 Å². The van der Waals surface area contributed by atoms with Crippen molar-refractivity contribution in [2.24, 2.45) is 0 Å². The average molecular weight is 317 g/mol. The van der Waals surface area contributed by atoms with Crippen LogP contribution in [0.3, 0.4) is 0 Å². The number of carbonyl (C=O) groups is 1. The lowest BCUT2D eigenvalue weighted by Crippen LogP contribution is -2.31. The molecule has 1 N–H and O–H groups in total. The standard InChI is InChI=1S/C18H23NO4/c1-5-22-15-8-6-14(7-9-15)16(11-21-4)19-18(20)17-12(2)10-13(3)23-17/h6-10,16H,5,11H2,1-4H3,(H,19,20). The number of hydrogen-bond donors (Lipinski definition) is 1. The molecule has 5 nitrogen and oxygen atoms in total. The summed E-state index contributed by atoms with van der Waals surface area (Å²) in [6.07, 6.45) is 0. The van der Waals surface area contributed by atoms with E-state index in [-0.39, 0.29) is 11.9 Å². The molecule has 0 aliphatic heterocycles. The Kier molecular flexibility index (Phi) is 5.82. The molecule has 1 aromatic carbocycles. The van der Waals surface area contributed by atoms with Crippen molar-refractivity contribution in [2.45, 2.75) is 26.8 Å². The van der Waals surface area contributed by atoms with Crippen molar-refractivity contribution in [3.63, 3.8) is 0 Å². The van der Waals surface area contributed by atoms with Crippen LogP contribution >= 0.6 is 0 Å². The molecule has 1 unspecified atom stereocenters. The summed E-state index contributed by atoms with van der Waals surface area (Å²) >= 11 is 0. The number of rotatable bonds is 7. The Balaban J connectivity index is 2.14. The third-order valence-electron chi connectivity index (χ3n) is 3.48. The van der Waals surface area contributed by atoms with E-state index < -0.39 is 0 Å². The van der Waals surface area contributed by atoms with E-state index in [2.05, 4.69) is 5.32 Å². The Bertz CT molecular complexity index is 646. The van der Waals surface area contributed by atoms with Gasteiger partial charge in [0.2, 0.25) is 0 Å². The van der Waals surface area contributed by atoms with Gasteiger partial charge in [-0.3, -0.25) is 4.79 Å². The van der Waals surface area contributed by atoms with E-state index in [1.165, 1.54) is 0 Å². The third kappa shape index (κ3) is 4.36. The summed E-state index contributed by atoms with van der Waals surface area (Å²) in [7, 11) is 1.61. The maximum absolute atomic E-state index is 12.4. The second-order valence-electron chi connectivity index (χ2n) is 5.35. The molecule has 0 saturated heterocycles. The molecular formula is C18H23NO4. The second-order valence-corrected chi connectivity index (χ2v) is 5.35. The molecule has 5 heteroatoms. The zero-order valence-electron chi connectivity index (χ0n) is 14.0. The maximum atomic E-state index is 12.4. The highest BCUT2D eigenvalue weighted by atomic mass is 16.5. The highest BCUT2D eigenvalue weighted by molar-refractivity contribution is 5.93. The lowest BCUT2D eigenvalue weighted by atomic mass is 10.1. The minimum absolute atomic E-state index is 0.244. The van der Waals surface area contributed by atoms with Gasteiger partial charge in [0.05, 0.1) is 19.3 Å². The van der Waals surface area contributed by atoms with Crippen molar-refractivity contribution in [1.82, 2.24) is 5.32 Å². The van der Waals surface area contributed by atoms with Gasteiger partial charge in [-0.25, -0.2) is 0 Å². The highest BCUT2D eigenvalue weighted by Gasteiger charge is 2.20. The van der Waals surface area contributed by atoms with Gasteiger partial charge in [0.25, 0.3) is 5.91 Å². The van der Waals surface area contributed by atoms with Crippen molar-refractivity contribution in [2.75, 3.05) is 20.3 Å². The van der Waals surface area contributed by atoms with Gasteiger partial charge in [-0.15, -0.1) is 0 Å². The molecule has 0 aliphatic rings. The fourth-order valence-electron chi connectivity index (χ4n) is 2.44. The molecular weight excluding hydrogens is 294 g/mol. The van der Waals surface area contributed by atoms with Crippen LogP contribution in [0.5, 0.6) is 5.75 Å². The van der Waals surface area contributed by atoms with Crippen LogP contribution in [0.2, 0.25) is 0 Å². The van der Waals surface area contributed by atoms with Crippen LogP contribution in [0.25, 0.3) is 0 Å². The number of aryl methyl sites for hydroxylation is 2. The number of carbonyl (C=O) groups excluding carboxylic acids is 1. The van der Waals surface area contributed by atoms with Crippen molar-refractivity contribution in [1.29, 1.82) is 0 Å². The van der Waals surface area contributed by atoms with Crippen LogP contribution in [0.1, 0.15) is 40.4 Å². The third-order valence-corrected chi connectivity index (χ3v) is 3.48. The Morgan fingerprint density at radius 1 is 1.26 bits per heavy atom. The predicted octanol–water partition coefficient (Wildman–Crippen LogP) is 3.41. The van der Waals surface area contributed by atoms with Gasteiger partial charge in [0.15, 0.2) is 5.76 Å². The summed E-state index contributed by atoms with van der Waals surface area (Å²) in [5.41, 5.74) is 1.77. The minimum atomic E-state index is -0.256. The topological polar surface area (TPSA) is 60.7 Å². The van der Waals surface area contributed by atoms with Crippen LogP contribution in [-0.2, 0) is 4.74 Å². The van der Waals surface area contributed by atoms with E-state index >= 15 is 0 Å². The van der Waals surface area contributed by atoms with Gasteiger partial charge in [-0.05, 0) is 44.5 Å². The van der Waals surface area contributed by atoms with Crippen LogP contribution in [-0.4, -0.2) is 26.2 Å². The molecule has 0 radical (unpaired) electrons.